The smallest absolute Gasteiger partial charge is 0.241 e. The molecule has 2 N–H and O–H groups in total. The molecule has 0 atom stereocenters. The van der Waals surface area contributed by atoms with Crippen molar-refractivity contribution in [2.24, 2.45) is 11.3 Å². The summed E-state index contributed by atoms with van der Waals surface area (Å²) in [5.74, 6) is 0.771. The third-order valence-corrected chi connectivity index (χ3v) is 7.42. The molecule has 0 aromatic carbocycles. The van der Waals surface area contributed by atoms with E-state index < -0.39 is 10.0 Å². The lowest BCUT2D eigenvalue weighted by Crippen LogP contribution is -2.31. The molecule has 0 unspecified atom stereocenters. The van der Waals surface area contributed by atoms with Crippen molar-refractivity contribution < 1.29 is 8.42 Å². The fourth-order valence-electron chi connectivity index (χ4n) is 3.03. The van der Waals surface area contributed by atoms with Gasteiger partial charge in [-0.05, 0) is 56.6 Å². The number of rotatable bonds is 8. The summed E-state index contributed by atoms with van der Waals surface area (Å²) in [6.07, 6.45) is 4.95. The van der Waals surface area contributed by atoms with Gasteiger partial charge in [-0.2, -0.15) is 0 Å². The lowest BCUT2D eigenvalue weighted by molar-refractivity contribution is 0.432. The minimum Gasteiger partial charge on any atom is -0.312 e. The summed E-state index contributed by atoms with van der Waals surface area (Å²) in [6.45, 7) is 6.19. The zero-order valence-electron chi connectivity index (χ0n) is 12.7. The Hall–Kier alpha value is -0.430. The standard InChI is InChI=1S/C15H24N2O2S2/c1-3-16-9-13-8-14(11(2)20-13)21(18,19)17-10-15(6-7-15)12-4-5-12/h8,12,16-17H,3-7,9-10H2,1-2H3. The fraction of sp³-hybridized carbons (Fsp3) is 0.733. The predicted molar refractivity (Wildman–Crippen MR) is 86.0 cm³/mol. The van der Waals surface area contributed by atoms with Gasteiger partial charge < -0.3 is 5.32 Å². The zero-order chi connectivity index (χ0) is 15.1. The van der Waals surface area contributed by atoms with Gasteiger partial charge in [0.2, 0.25) is 10.0 Å². The van der Waals surface area contributed by atoms with Crippen molar-refractivity contribution in [3.05, 3.63) is 15.8 Å². The van der Waals surface area contributed by atoms with Gasteiger partial charge >= 0.3 is 0 Å². The van der Waals surface area contributed by atoms with Gasteiger partial charge in [-0.1, -0.05) is 6.92 Å². The monoisotopic (exact) mass is 328 g/mol. The Morgan fingerprint density at radius 3 is 2.67 bits per heavy atom. The maximum Gasteiger partial charge on any atom is 0.241 e. The van der Waals surface area contributed by atoms with Gasteiger partial charge in [-0.25, -0.2) is 13.1 Å². The van der Waals surface area contributed by atoms with E-state index in [1.54, 1.807) is 11.3 Å². The third-order valence-electron chi connectivity index (χ3n) is 4.71. The van der Waals surface area contributed by atoms with E-state index in [9.17, 15) is 8.42 Å². The van der Waals surface area contributed by atoms with E-state index in [1.165, 1.54) is 25.7 Å². The topological polar surface area (TPSA) is 58.2 Å². The van der Waals surface area contributed by atoms with E-state index in [1.807, 2.05) is 19.9 Å². The predicted octanol–water partition coefficient (Wildman–Crippen LogP) is 2.63. The Morgan fingerprint density at radius 1 is 1.38 bits per heavy atom. The second-order valence-corrected chi connectivity index (χ2v) is 9.45. The molecule has 118 valence electrons. The number of nitrogens with one attached hydrogen (secondary N) is 2. The molecular formula is C15H24N2O2S2. The van der Waals surface area contributed by atoms with E-state index in [0.717, 1.165) is 28.8 Å². The zero-order valence-corrected chi connectivity index (χ0v) is 14.4. The first-order chi connectivity index (χ1) is 9.97. The SMILES string of the molecule is CCNCc1cc(S(=O)(=O)NCC2(C3CC3)CC2)c(C)s1. The first kappa shape index (κ1) is 15.5. The molecule has 2 saturated carbocycles. The first-order valence-electron chi connectivity index (χ1n) is 7.76. The Bertz CT molecular complexity index is 614. The molecule has 1 aromatic heterocycles. The van der Waals surface area contributed by atoms with Crippen LogP contribution >= 0.6 is 11.3 Å². The van der Waals surface area contributed by atoms with Gasteiger partial charge in [-0.15, -0.1) is 11.3 Å². The molecule has 1 aromatic rings. The van der Waals surface area contributed by atoms with E-state index in [2.05, 4.69) is 10.0 Å². The molecule has 0 aliphatic heterocycles. The van der Waals surface area contributed by atoms with Gasteiger partial charge in [0, 0.05) is 22.8 Å². The molecule has 0 saturated heterocycles. The van der Waals surface area contributed by atoms with Crippen molar-refractivity contribution in [1.29, 1.82) is 0 Å². The summed E-state index contributed by atoms with van der Waals surface area (Å²) >= 11 is 1.57. The highest BCUT2D eigenvalue weighted by Crippen LogP contribution is 2.60. The molecule has 1 heterocycles. The van der Waals surface area contributed by atoms with Crippen LogP contribution in [0.4, 0.5) is 0 Å². The highest BCUT2D eigenvalue weighted by molar-refractivity contribution is 7.89. The van der Waals surface area contributed by atoms with Gasteiger partial charge in [0.15, 0.2) is 0 Å². The van der Waals surface area contributed by atoms with Crippen LogP contribution in [-0.4, -0.2) is 21.5 Å². The van der Waals surface area contributed by atoms with Crippen molar-refractivity contribution in [2.45, 2.75) is 51.0 Å². The summed E-state index contributed by atoms with van der Waals surface area (Å²) < 4.78 is 27.9. The Kier molecular flexibility index (Phi) is 4.16. The molecule has 2 fully saturated rings. The van der Waals surface area contributed by atoms with Crippen molar-refractivity contribution in [2.75, 3.05) is 13.1 Å². The number of thiophene rings is 1. The maximum absolute atomic E-state index is 12.5. The highest BCUT2D eigenvalue weighted by atomic mass is 32.2. The Balaban J connectivity index is 1.67. The quantitative estimate of drug-likeness (QED) is 0.771. The normalized spacial score (nSPS) is 20.7. The minimum absolute atomic E-state index is 0.295. The summed E-state index contributed by atoms with van der Waals surface area (Å²) in [4.78, 5) is 2.43. The second kappa shape index (κ2) is 5.65. The molecule has 0 bridgehead atoms. The summed E-state index contributed by atoms with van der Waals surface area (Å²) in [7, 11) is -3.36. The lowest BCUT2D eigenvalue weighted by atomic mass is 10.0. The number of hydrogen-bond donors (Lipinski definition) is 2. The van der Waals surface area contributed by atoms with Crippen LogP contribution in [-0.2, 0) is 16.6 Å². The second-order valence-electron chi connectivity index (χ2n) is 6.37. The first-order valence-corrected chi connectivity index (χ1v) is 10.1. The van der Waals surface area contributed by atoms with Gasteiger partial charge in [0.05, 0.1) is 4.90 Å². The third kappa shape index (κ3) is 3.33. The van der Waals surface area contributed by atoms with Crippen LogP contribution < -0.4 is 10.0 Å². The minimum atomic E-state index is -3.36. The molecule has 2 aliphatic rings. The number of aryl methyl sites for hydroxylation is 1. The van der Waals surface area contributed by atoms with Gasteiger partial charge in [0.25, 0.3) is 0 Å². The lowest BCUT2D eigenvalue weighted by Gasteiger charge is -2.15. The van der Waals surface area contributed by atoms with E-state index >= 15 is 0 Å². The molecule has 3 rings (SSSR count). The van der Waals surface area contributed by atoms with Gasteiger partial charge in [0.1, 0.15) is 0 Å². The van der Waals surface area contributed by atoms with E-state index in [-0.39, 0.29) is 0 Å². The summed E-state index contributed by atoms with van der Waals surface area (Å²) in [6, 6.07) is 1.82. The number of hydrogen-bond acceptors (Lipinski definition) is 4. The van der Waals surface area contributed by atoms with Gasteiger partial charge in [-0.3, -0.25) is 0 Å². The van der Waals surface area contributed by atoms with E-state index in [4.69, 9.17) is 0 Å². The molecular weight excluding hydrogens is 304 g/mol. The largest absolute Gasteiger partial charge is 0.312 e. The van der Waals surface area contributed by atoms with Crippen molar-refractivity contribution in [3.8, 4) is 0 Å². The molecule has 2 aliphatic carbocycles. The van der Waals surface area contributed by atoms with Crippen molar-refractivity contribution in [1.82, 2.24) is 10.0 Å². The summed E-state index contributed by atoms with van der Waals surface area (Å²) in [5.41, 5.74) is 0.295. The van der Waals surface area contributed by atoms with Crippen LogP contribution in [0.2, 0.25) is 0 Å². The molecule has 0 amide bonds. The maximum atomic E-state index is 12.5. The van der Waals surface area contributed by atoms with Crippen LogP contribution in [0.15, 0.2) is 11.0 Å². The molecule has 0 spiro atoms. The average Bonchev–Trinajstić information content (AvgIpc) is 3.32. The molecule has 21 heavy (non-hydrogen) atoms. The van der Waals surface area contributed by atoms with Crippen LogP contribution in [0, 0.1) is 18.3 Å². The Labute approximate surface area is 131 Å². The van der Waals surface area contributed by atoms with Crippen LogP contribution in [0.3, 0.4) is 0 Å². The molecule has 4 nitrogen and oxygen atoms in total. The Morgan fingerprint density at radius 2 is 2.10 bits per heavy atom. The van der Waals surface area contributed by atoms with Crippen LogP contribution in [0.25, 0.3) is 0 Å². The molecule has 0 radical (unpaired) electrons. The van der Waals surface area contributed by atoms with Crippen LogP contribution in [0.1, 0.15) is 42.4 Å². The van der Waals surface area contributed by atoms with Crippen molar-refractivity contribution in [3.63, 3.8) is 0 Å². The summed E-state index contributed by atoms with van der Waals surface area (Å²) in [5, 5.41) is 3.24. The van der Waals surface area contributed by atoms with E-state index in [0.29, 0.717) is 16.9 Å². The number of sulfonamides is 1. The van der Waals surface area contributed by atoms with Crippen molar-refractivity contribution >= 4 is 21.4 Å². The molecule has 6 heteroatoms. The van der Waals surface area contributed by atoms with Crippen LogP contribution in [0.5, 0.6) is 0 Å². The highest BCUT2D eigenvalue weighted by Gasteiger charge is 2.53. The fourth-order valence-corrected chi connectivity index (χ4v) is 5.77. The average molecular weight is 329 g/mol.